The first-order valence-electron chi connectivity index (χ1n) is 12.2. The van der Waals surface area contributed by atoms with E-state index in [4.69, 9.17) is 21.1 Å². The molecule has 2 amide bonds. The van der Waals surface area contributed by atoms with Crippen LogP contribution in [0.1, 0.15) is 54.0 Å². The van der Waals surface area contributed by atoms with Crippen molar-refractivity contribution < 1.29 is 28.7 Å². The van der Waals surface area contributed by atoms with Crippen molar-refractivity contribution in [3.63, 3.8) is 0 Å². The summed E-state index contributed by atoms with van der Waals surface area (Å²) in [6.07, 6.45) is 0. The van der Waals surface area contributed by atoms with Gasteiger partial charge in [-0.3, -0.25) is 9.59 Å². The van der Waals surface area contributed by atoms with Gasteiger partial charge in [-0.05, 0) is 78.6 Å². The highest BCUT2D eigenvalue weighted by atomic mass is 35.5. The quantitative estimate of drug-likeness (QED) is 0.226. The third-order valence-corrected chi connectivity index (χ3v) is 6.34. The largest absolute Gasteiger partial charge is 0.462 e. The molecule has 0 fully saturated rings. The van der Waals surface area contributed by atoms with Crippen molar-refractivity contribution in [2.75, 3.05) is 16.8 Å². The number of amides is 2. The first-order chi connectivity index (χ1) is 18.5. The van der Waals surface area contributed by atoms with E-state index < -0.39 is 23.8 Å². The van der Waals surface area contributed by atoms with Crippen LogP contribution in [0, 0.1) is 0 Å². The number of ether oxygens (including phenoxy) is 2. The second-order valence-corrected chi connectivity index (χ2v) is 10.1. The fourth-order valence-electron chi connectivity index (χ4n) is 3.83. The Balaban J connectivity index is 1.42. The Morgan fingerprint density at radius 1 is 0.821 bits per heavy atom. The number of halogens is 1. The van der Waals surface area contributed by atoms with Crippen LogP contribution in [0.2, 0.25) is 0 Å². The van der Waals surface area contributed by atoms with E-state index in [0.717, 1.165) is 10.5 Å². The molecular weight excluding hydrogens is 520 g/mol. The normalized spacial score (nSPS) is 13.5. The molecule has 1 aliphatic rings. The van der Waals surface area contributed by atoms with Crippen LogP contribution in [0.15, 0.2) is 83.5 Å². The van der Waals surface area contributed by atoms with E-state index in [2.05, 4.69) is 26.1 Å². The lowest BCUT2D eigenvalue weighted by Gasteiger charge is -2.19. The summed E-state index contributed by atoms with van der Waals surface area (Å²) in [6.45, 7) is 8.23. The molecule has 1 N–H and O–H groups in total. The summed E-state index contributed by atoms with van der Waals surface area (Å²) >= 11 is 6.21. The second kappa shape index (κ2) is 11.1. The molecule has 39 heavy (non-hydrogen) atoms. The molecule has 0 saturated carbocycles. The van der Waals surface area contributed by atoms with Gasteiger partial charge in [0.2, 0.25) is 0 Å². The lowest BCUT2D eigenvalue weighted by atomic mass is 9.87. The molecule has 8 nitrogen and oxygen atoms in total. The maximum Gasteiger partial charge on any atom is 0.343 e. The fraction of sp³-hybridized carbons (Fsp3) is 0.200. The Kier molecular flexibility index (Phi) is 7.88. The van der Waals surface area contributed by atoms with Crippen LogP contribution in [0.4, 0.5) is 11.4 Å². The summed E-state index contributed by atoms with van der Waals surface area (Å²) in [4.78, 5) is 51.2. The smallest absolute Gasteiger partial charge is 0.343 e. The average molecular weight is 547 g/mol. The molecule has 1 aliphatic heterocycles. The molecule has 0 bridgehead atoms. The van der Waals surface area contributed by atoms with Gasteiger partial charge in [-0.1, -0.05) is 44.5 Å². The number of benzene rings is 3. The van der Waals surface area contributed by atoms with Gasteiger partial charge >= 0.3 is 11.9 Å². The zero-order valence-corrected chi connectivity index (χ0v) is 22.7. The maximum atomic E-state index is 13.1. The highest BCUT2D eigenvalue weighted by Gasteiger charge is 2.39. The van der Waals surface area contributed by atoms with E-state index in [1.54, 1.807) is 31.2 Å². The van der Waals surface area contributed by atoms with Crippen LogP contribution in [-0.2, 0) is 19.7 Å². The van der Waals surface area contributed by atoms with E-state index in [0.29, 0.717) is 17.0 Å². The van der Waals surface area contributed by atoms with E-state index >= 15 is 0 Å². The number of esters is 2. The van der Waals surface area contributed by atoms with Crippen LogP contribution < -0.4 is 15.0 Å². The van der Waals surface area contributed by atoms with Crippen LogP contribution in [0.25, 0.3) is 0 Å². The van der Waals surface area contributed by atoms with E-state index in [9.17, 15) is 19.2 Å². The van der Waals surface area contributed by atoms with Gasteiger partial charge in [-0.2, -0.15) is 0 Å². The highest BCUT2D eigenvalue weighted by Crippen LogP contribution is 2.31. The monoisotopic (exact) mass is 546 g/mol. The molecule has 0 aromatic heterocycles. The predicted molar refractivity (Wildman–Crippen MR) is 148 cm³/mol. The minimum Gasteiger partial charge on any atom is -0.462 e. The van der Waals surface area contributed by atoms with E-state index in [-0.39, 0.29) is 34.0 Å². The molecule has 1 heterocycles. The third kappa shape index (κ3) is 6.02. The number of carbonyl (C=O) groups is 4. The summed E-state index contributed by atoms with van der Waals surface area (Å²) in [5.74, 6) is -1.97. The van der Waals surface area contributed by atoms with Crippen molar-refractivity contribution in [2.45, 2.75) is 33.1 Å². The fourth-order valence-corrected chi connectivity index (χ4v) is 4.04. The van der Waals surface area contributed by atoms with E-state index in [1.807, 2.05) is 12.1 Å². The number of nitrogens with zero attached hydrogens (tertiary/aromatic N) is 1. The molecule has 200 valence electrons. The molecule has 3 aromatic rings. The Morgan fingerprint density at radius 3 is 1.95 bits per heavy atom. The van der Waals surface area contributed by atoms with Gasteiger partial charge in [0.1, 0.15) is 16.5 Å². The van der Waals surface area contributed by atoms with Gasteiger partial charge in [0.05, 0.1) is 23.4 Å². The standard InChI is InChI=1S/C30H27ClN2O6/c1-5-38-28(36)18-8-14-22(15-9-18)33-26(34)24(31)25(27(33)35)32-21-12-6-19(7-13-21)29(37)39-23-16-10-20(11-17-23)30(2,3)4/h6-17,32H,5H2,1-4H3. The lowest BCUT2D eigenvalue weighted by molar-refractivity contribution is -0.120. The van der Waals surface area contributed by atoms with Crippen LogP contribution in [0.5, 0.6) is 5.75 Å². The summed E-state index contributed by atoms with van der Waals surface area (Å²) < 4.78 is 10.4. The molecule has 0 unspecified atom stereocenters. The number of rotatable bonds is 7. The number of hydrogen-bond donors (Lipinski definition) is 1. The minimum absolute atomic E-state index is 0.0131. The Bertz CT molecular complexity index is 1450. The molecule has 0 saturated heterocycles. The van der Waals surface area contributed by atoms with Crippen molar-refractivity contribution in [1.29, 1.82) is 0 Å². The Hall–Kier alpha value is -4.43. The Morgan fingerprint density at radius 2 is 1.38 bits per heavy atom. The zero-order valence-electron chi connectivity index (χ0n) is 21.9. The predicted octanol–water partition coefficient (Wildman–Crippen LogP) is 5.82. The summed E-state index contributed by atoms with van der Waals surface area (Å²) in [7, 11) is 0. The van der Waals surface area contributed by atoms with Crippen LogP contribution >= 0.6 is 11.6 Å². The molecule has 0 radical (unpaired) electrons. The van der Waals surface area contributed by atoms with Crippen molar-refractivity contribution in [2.24, 2.45) is 0 Å². The van der Waals surface area contributed by atoms with Gasteiger partial charge < -0.3 is 14.8 Å². The molecule has 0 atom stereocenters. The van der Waals surface area contributed by atoms with Crippen molar-refractivity contribution >= 4 is 46.7 Å². The summed E-state index contributed by atoms with van der Waals surface area (Å²) in [6, 6.07) is 19.4. The van der Waals surface area contributed by atoms with Crippen molar-refractivity contribution in [3.05, 3.63) is 100 Å². The first-order valence-corrected chi connectivity index (χ1v) is 12.6. The number of anilines is 2. The van der Waals surface area contributed by atoms with Crippen LogP contribution in [-0.4, -0.2) is 30.4 Å². The lowest BCUT2D eigenvalue weighted by Crippen LogP contribution is -2.32. The van der Waals surface area contributed by atoms with Crippen molar-refractivity contribution in [3.8, 4) is 5.75 Å². The van der Waals surface area contributed by atoms with Gasteiger partial charge in [0.25, 0.3) is 11.8 Å². The van der Waals surface area contributed by atoms with Crippen molar-refractivity contribution in [1.82, 2.24) is 0 Å². The number of hydrogen-bond acceptors (Lipinski definition) is 7. The molecular formula is C30H27ClN2O6. The molecule has 0 aliphatic carbocycles. The van der Waals surface area contributed by atoms with Gasteiger partial charge in [-0.15, -0.1) is 0 Å². The van der Waals surface area contributed by atoms with Gasteiger partial charge in [0.15, 0.2) is 0 Å². The Labute approximate surface area is 231 Å². The molecule has 4 rings (SSSR count). The SMILES string of the molecule is CCOC(=O)c1ccc(N2C(=O)C(Cl)=C(Nc3ccc(C(=O)Oc4ccc(C(C)(C)C)cc4)cc3)C2=O)cc1. The minimum atomic E-state index is -0.703. The number of imide groups is 1. The van der Waals surface area contributed by atoms with Crippen LogP contribution in [0.3, 0.4) is 0 Å². The topological polar surface area (TPSA) is 102 Å². The summed E-state index contributed by atoms with van der Waals surface area (Å²) in [5, 5.41) is 2.58. The average Bonchev–Trinajstić information content (AvgIpc) is 3.12. The third-order valence-electron chi connectivity index (χ3n) is 5.98. The zero-order chi connectivity index (χ0) is 28.3. The first kappa shape index (κ1) is 27.6. The molecule has 3 aromatic carbocycles. The molecule has 0 spiro atoms. The number of nitrogens with one attached hydrogen (secondary N) is 1. The second-order valence-electron chi connectivity index (χ2n) is 9.77. The van der Waals surface area contributed by atoms with E-state index in [1.165, 1.54) is 36.4 Å². The summed E-state index contributed by atoms with van der Waals surface area (Å²) in [5.41, 5.74) is 2.29. The van der Waals surface area contributed by atoms with Gasteiger partial charge in [0, 0.05) is 5.69 Å². The highest BCUT2D eigenvalue weighted by molar-refractivity contribution is 6.53. The number of carbonyl (C=O) groups excluding carboxylic acids is 4. The van der Waals surface area contributed by atoms with Gasteiger partial charge in [-0.25, -0.2) is 14.5 Å². The molecule has 9 heteroatoms. The maximum absolute atomic E-state index is 13.1.